The molecule has 0 bridgehead atoms. The Kier molecular flexibility index (Phi) is 15.5. The molecule has 1 aliphatic heterocycles. The van der Waals surface area contributed by atoms with Gasteiger partial charge in [-0.3, -0.25) is 4.98 Å². The fourth-order valence-corrected chi connectivity index (χ4v) is 17.7. The van der Waals surface area contributed by atoms with Crippen molar-refractivity contribution in [2.24, 2.45) is 0 Å². The smallest absolute Gasteiger partial charge is 0.135 e. The summed E-state index contributed by atoms with van der Waals surface area (Å²) in [5.41, 5.74) is 18.9. The molecule has 23 aromatic rings. The summed E-state index contributed by atoms with van der Waals surface area (Å²) in [6, 6.07) is 139. The molecule has 0 radical (unpaired) electrons. The molecule has 0 amide bonds. The maximum Gasteiger partial charge on any atom is 0.135 e. The van der Waals surface area contributed by atoms with E-state index in [0.29, 0.717) is 0 Å². The molecule has 0 saturated heterocycles. The van der Waals surface area contributed by atoms with Crippen molar-refractivity contribution in [3.63, 3.8) is 0 Å². The number of aromatic nitrogens is 4. The van der Waals surface area contributed by atoms with Crippen molar-refractivity contribution < 1.29 is 4.74 Å². The summed E-state index contributed by atoms with van der Waals surface area (Å²) in [4.78, 5) is 19.7. The number of ether oxygens (including phenoxy) is 1. The first-order chi connectivity index (χ1) is 56.0. The third-order valence-electron chi connectivity index (χ3n) is 23.0. The molecule has 1 aliphatic rings. The first kappa shape index (κ1) is 65.1. The summed E-state index contributed by atoms with van der Waals surface area (Å²) in [5, 5.41) is 28.6. The van der Waals surface area contributed by atoms with Crippen LogP contribution in [0, 0.1) is 0 Å². The van der Waals surface area contributed by atoms with Crippen LogP contribution in [0.1, 0.15) is 0 Å². The minimum atomic E-state index is 0.910. The zero-order valence-electron chi connectivity index (χ0n) is 61.3. The van der Waals surface area contributed by atoms with Gasteiger partial charge in [-0.05, 0) is 151 Å². The summed E-state index contributed by atoms with van der Waals surface area (Å²) in [6.07, 6.45) is 3.69. The molecule has 524 valence electrons. The number of nitrogens with zero attached hydrogens (tertiary/aromatic N) is 4. The molecule has 24 rings (SSSR count). The van der Waals surface area contributed by atoms with E-state index in [-0.39, 0.29) is 0 Å². The fourth-order valence-electron chi connectivity index (χ4n) is 17.7. The van der Waals surface area contributed by atoms with Crippen LogP contribution in [0.25, 0.3) is 219 Å². The lowest BCUT2D eigenvalue weighted by Gasteiger charge is -2.22. The van der Waals surface area contributed by atoms with Gasteiger partial charge >= 0.3 is 0 Å². The van der Waals surface area contributed by atoms with Gasteiger partial charge in [-0.15, -0.1) is 0 Å². The molecular formula is C108H66N4O. The zero-order chi connectivity index (χ0) is 74.5. The van der Waals surface area contributed by atoms with E-state index in [2.05, 4.69) is 375 Å². The number of benzene rings is 19. The third-order valence-corrected chi connectivity index (χ3v) is 23.0. The van der Waals surface area contributed by atoms with Crippen molar-refractivity contribution in [1.29, 1.82) is 0 Å². The van der Waals surface area contributed by atoms with Crippen molar-refractivity contribution in [2.75, 3.05) is 0 Å². The van der Waals surface area contributed by atoms with Crippen molar-refractivity contribution in [3.8, 4) is 89.8 Å². The van der Waals surface area contributed by atoms with Gasteiger partial charge in [-0.25, -0.2) is 15.0 Å². The lowest BCUT2D eigenvalue weighted by atomic mass is 9.89. The summed E-state index contributed by atoms with van der Waals surface area (Å²) in [7, 11) is 0. The number of rotatable bonds is 6. The summed E-state index contributed by atoms with van der Waals surface area (Å²) >= 11 is 0. The van der Waals surface area contributed by atoms with E-state index in [9.17, 15) is 0 Å². The Morgan fingerprint density at radius 2 is 0.531 bits per heavy atom. The normalized spacial score (nSPS) is 11.8. The first-order valence-corrected chi connectivity index (χ1v) is 38.5. The van der Waals surface area contributed by atoms with Crippen LogP contribution in [-0.2, 0) is 0 Å². The summed E-state index contributed by atoms with van der Waals surface area (Å²) < 4.78 is 6.32. The molecule has 5 heterocycles. The molecular weight excluding hydrogens is 1370 g/mol. The van der Waals surface area contributed by atoms with Crippen molar-refractivity contribution >= 4 is 140 Å². The van der Waals surface area contributed by atoms with Gasteiger partial charge in [0.1, 0.15) is 11.5 Å². The van der Waals surface area contributed by atoms with Crippen LogP contribution < -0.4 is 4.74 Å². The van der Waals surface area contributed by atoms with E-state index >= 15 is 0 Å². The Morgan fingerprint density at radius 1 is 0.177 bits per heavy atom. The number of para-hydroxylation sites is 4. The van der Waals surface area contributed by atoms with Gasteiger partial charge in [0.2, 0.25) is 0 Å². The van der Waals surface area contributed by atoms with E-state index < -0.39 is 0 Å². The van der Waals surface area contributed by atoms with Gasteiger partial charge in [-0.2, -0.15) is 0 Å². The molecule has 0 fully saturated rings. The highest BCUT2D eigenvalue weighted by Gasteiger charge is 2.23. The van der Waals surface area contributed by atoms with E-state index in [1.165, 1.54) is 152 Å². The van der Waals surface area contributed by atoms with E-state index in [0.717, 1.165) is 78.5 Å². The van der Waals surface area contributed by atoms with E-state index in [4.69, 9.17) is 19.7 Å². The highest BCUT2D eigenvalue weighted by molar-refractivity contribution is 6.28. The van der Waals surface area contributed by atoms with Gasteiger partial charge in [-0.1, -0.05) is 346 Å². The van der Waals surface area contributed by atoms with Gasteiger partial charge in [0.15, 0.2) is 0 Å². The Hall–Kier alpha value is -15.0. The number of pyridine rings is 4. The molecule has 0 saturated carbocycles. The van der Waals surface area contributed by atoms with Crippen LogP contribution in [-0.4, -0.2) is 19.9 Å². The van der Waals surface area contributed by atoms with Crippen molar-refractivity contribution in [2.45, 2.75) is 0 Å². The number of hydrogen-bond acceptors (Lipinski definition) is 5. The van der Waals surface area contributed by atoms with Crippen LogP contribution in [0.2, 0.25) is 0 Å². The van der Waals surface area contributed by atoms with E-state index in [1.54, 1.807) is 6.20 Å². The standard InChI is InChI=1S/C41H25N.C39H23NO.C28H18N2/c1-2-10-30-27(9-1)21-24-37-40(30)36-15-7-8-16-39(36)42-41(37)28-19-17-26(18-20-28)29-22-23-35-33-13-4-3-11-31(33)32-12-5-6-14-34(32)38(35)25-29;1-2-9-28-24(8-1)20-21-33-37(28)32-11-3-5-13-34(32)40-39(33)26-18-16-25(17-19-26)27-22-23-31-29-10-4-6-14-35(29)41-36-15-7-12-30(27)38(31)36;1-2-8-23-20(6-1)15-16-25-27(23)24-9-3-4-10-26(24)30-28(25)21-13-11-19(12-14-21)22-7-5-17-29-18-22/h1-25H;1-23H;1-18H. The molecule has 4 aromatic heterocycles. The second-order valence-electron chi connectivity index (χ2n) is 29.3. The molecule has 0 N–H and O–H groups in total. The monoisotopic (exact) mass is 1430 g/mol. The van der Waals surface area contributed by atoms with Crippen molar-refractivity contribution in [1.82, 2.24) is 19.9 Å². The lowest BCUT2D eigenvalue weighted by Crippen LogP contribution is -1.97. The first-order valence-electron chi connectivity index (χ1n) is 38.5. The highest BCUT2D eigenvalue weighted by atomic mass is 16.5. The second-order valence-corrected chi connectivity index (χ2v) is 29.3. The molecule has 113 heavy (non-hydrogen) atoms. The molecule has 0 aliphatic carbocycles. The topological polar surface area (TPSA) is 60.8 Å². The quantitative estimate of drug-likeness (QED) is 0.155. The number of hydrogen-bond donors (Lipinski definition) is 0. The third kappa shape index (κ3) is 11.1. The van der Waals surface area contributed by atoms with Gasteiger partial charge < -0.3 is 4.74 Å². The zero-order valence-corrected chi connectivity index (χ0v) is 61.3. The van der Waals surface area contributed by atoms with Crippen molar-refractivity contribution in [3.05, 3.63) is 401 Å². The lowest BCUT2D eigenvalue weighted by molar-refractivity contribution is 0.487. The largest absolute Gasteiger partial charge is 0.456 e. The minimum Gasteiger partial charge on any atom is -0.456 e. The Bertz CT molecular complexity index is 7730. The molecule has 5 nitrogen and oxygen atoms in total. The molecule has 19 aromatic carbocycles. The highest BCUT2D eigenvalue weighted by Crippen LogP contribution is 2.50. The summed E-state index contributed by atoms with van der Waals surface area (Å²) in [5.74, 6) is 1.82. The SMILES string of the molecule is c1ccc2c(c1)Oc1cccc3c(-c4ccc(-c5nc6ccccc6c6c5ccc5ccccc56)cc4)ccc-2c13.c1ccc2c(c1)ccc1c(-c3ccc(-c4ccc5c6ccccc6c6ccccc6c5c4)cc3)nc3ccccc3c12.c1cncc(-c2ccc(-c3nc4ccccc4c4c3ccc3ccccc34)cc2)c1. The maximum absolute atomic E-state index is 6.32. The Morgan fingerprint density at radius 3 is 1.01 bits per heavy atom. The van der Waals surface area contributed by atoms with Crippen LogP contribution in [0.5, 0.6) is 11.5 Å². The summed E-state index contributed by atoms with van der Waals surface area (Å²) in [6.45, 7) is 0. The van der Waals surface area contributed by atoms with Crippen LogP contribution in [0.4, 0.5) is 0 Å². The minimum absolute atomic E-state index is 0.910. The molecule has 0 spiro atoms. The van der Waals surface area contributed by atoms with Gasteiger partial charge in [0, 0.05) is 88.5 Å². The Balaban J connectivity index is 0.000000105. The number of fused-ring (bicyclic) bond motifs is 23. The Labute approximate surface area is 651 Å². The average Bonchev–Trinajstić information content (AvgIpc) is 0.764. The second kappa shape index (κ2) is 27.0. The predicted molar refractivity (Wildman–Crippen MR) is 476 cm³/mol. The molecule has 5 heteroatoms. The van der Waals surface area contributed by atoms with Gasteiger partial charge in [0.05, 0.1) is 33.6 Å². The molecule has 0 unspecified atom stereocenters. The van der Waals surface area contributed by atoms with Crippen LogP contribution >= 0.6 is 0 Å². The predicted octanol–water partition coefficient (Wildman–Crippen LogP) is 29.4. The maximum atomic E-state index is 6.32. The van der Waals surface area contributed by atoms with Gasteiger partial charge in [0.25, 0.3) is 0 Å². The fraction of sp³-hybridized carbons (Fsp3) is 0. The van der Waals surface area contributed by atoms with E-state index in [1.807, 2.05) is 24.4 Å². The van der Waals surface area contributed by atoms with Crippen LogP contribution in [0.15, 0.2) is 401 Å². The van der Waals surface area contributed by atoms with Crippen LogP contribution in [0.3, 0.4) is 0 Å². The molecule has 0 atom stereocenters. The average molecular weight is 1440 g/mol.